The number of esters is 2. The Balaban J connectivity index is 2.23. The van der Waals surface area contributed by atoms with Crippen molar-refractivity contribution in [2.45, 2.75) is 40.2 Å². The Kier molecular flexibility index (Phi) is 5.44. The summed E-state index contributed by atoms with van der Waals surface area (Å²) in [6.07, 6.45) is 1.70. The summed E-state index contributed by atoms with van der Waals surface area (Å²) in [5, 5.41) is 0. The molecular weight excluding hydrogens is 308 g/mol. The minimum atomic E-state index is -0.725. The van der Waals surface area contributed by atoms with E-state index in [-0.39, 0.29) is 18.5 Å². The molecule has 0 radical (unpaired) electrons. The van der Waals surface area contributed by atoms with Crippen molar-refractivity contribution in [3.8, 4) is 5.75 Å². The molecule has 2 rings (SSSR count). The summed E-state index contributed by atoms with van der Waals surface area (Å²) < 4.78 is 16.4. The van der Waals surface area contributed by atoms with E-state index in [1.165, 1.54) is 0 Å². The van der Waals surface area contributed by atoms with Crippen LogP contribution in [0.25, 0.3) is 0 Å². The van der Waals surface area contributed by atoms with Gasteiger partial charge in [0.2, 0.25) is 0 Å². The standard InChI is InChI=1S/C19H24O5/c1-6-14(5)18(21)24-16-9-13(4)7-8-15(16)19(11-23-19)10-22-17(20)12(2)3/h6-9,12H,10-11H2,1-5H3. The maximum Gasteiger partial charge on any atom is 0.338 e. The summed E-state index contributed by atoms with van der Waals surface area (Å²) in [6, 6.07) is 5.58. The number of carbonyl (C=O) groups excluding carboxylic acids is 2. The molecule has 1 aliphatic heterocycles. The summed E-state index contributed by atoms with van der Waals surface area (Å²) in [6.45, 7) is 9.50. The van der Waals surface area contributed by atoms with E-state index in [9.17, 15) is 9.59 Å². The lowest BCUT2D eigenvalue weighted by molar-refractivity contribution is -0.149. The van der Waals surface area contributed by atoms with Crippen LogP contribution in [0.1, 0.15) is 38.8 Å². The van der Waals surface area contributed by atoms with Crippen molar-refractivity contribution in [2.24, 2.45) is 5.92 Å². The van der Waals surface area contributed by atoms with Gasteiger partial charge in [-0.3, -0.25) is 4.79 Å². The fourth-order valence-electron chi connectivity index (χ4n) is 2.15. The molecule has 1 unspecified atom stereocenters. The number of benzene rings is 1. The number of ether oxygens (including phenoxy) is 3. The van der Waals surface area contributed by atoms with Gasteiger partial charge in [-0.2, -0.15) is 0 Å². The molecule has 0 bridgehead atoms. The van der Waals surface area contributed by atoms with Gasteiger partial charge in [-0.15, -0.1) is 0 Å². The molecule has 1 heterocycles. The predicted molar refractivity (Wildman–Crippen MR) is 89.7 cm³/mol. The zero-order valence-electron chi connectivity index (χ0n) is 14.8. The van der Waals surface area contributed by atoms with Crippen molar-refractivity contribution in [1.29, 1.82) is 0 Å². The van der Waals surface area contributed by atoms with E-state index in [2.05, 4.69) is 0 Å². The highest BCUT2D eigenvalue weighted by atomic mass is 16.6. The van der Waals surface area contributed by atoms with Crippen LogP contribution in [0, 0.1) is 12.8 Å². The maximum absolute atomic E-state index is 12.1. The minimum absolute atomic E-state index is 0.111. The highest BCUT2D eigenvalue weighted by molar-refractivity contribution is 5.89. The quantitative estimate of drug-likeness (QED) is 0.346. The summed E-state index contributed by atoms with van der Waals surface area (Å²) >= 11 is 0. The first-order valence-corrected chi connectivity index (χ1v) is 8.06. The van der Waals surface area contributed by atoms with Gasteiger partial charge in [-0.05, 0) is 32.4 Å². The molecule has 1 fully saturated rings. The Morgan fingerprint density at radius 3 is 2.58 bits per heavy atom. The van der Waals surface area contributed by atoms with E-state index in [0.29, 0.717) is 17.9 Å². The third kappa shape index (κ3) is 4.03. The molecule has 5 heteroatoms. The summed E-state index contributed by atoms with van der Waals surface area (Å²) in [7, 11) is 0. The molecule has 1 saturated heterocycles. The summed E-state index contributed by atoms with van der Waals surface area (Å²) in [5.41, 5.74) is 1.49. The molecule has 0 aromatic heterocycles. The molecule has 0 spiro atoms. The fourth-order valence-corrected chi connectivity index (χ4v) is 2.15. The number of aryl methyl sites for hydroxylation is 1. The third-order valence-corrected chi connectivity index (χ3v) is 4.00. The molecule has 24 heavy (non-hydrogen) atoms. The molecule has 0 N–H and O–H groups in total. The summed E-state index contributed by atoms with van der Waals surface area (Å²) in [4.78, 5) is 23.8. The first kappa shape index (κ1) is 18.2. The Labute approximate surface area is 142 Å². The van der Waals surface area contributed by atoms with Gasteiger partial charge in [0, 0.05) is 11.1 Å². The number of allylic oxidation sites excluding steroid dienone is 1. The molecule has 1 aromatic carbocycles. The van der Waals surface area contributed by atoms with Crippen LogP contribution in [0.15, 0.2) is 29.8 Å². The van der Waals surface area contributed by atoms with Gasteiger partial charge in [0.15, 0.2) is 5.60 Å². The van der Waals surface area contributed by atoms with Crippen LogP contribution in [-0.2, 0) is 24.7 Å². The Morgan fingerprint density at radius 1 is 1.38 bits per heavy atom. The summed E-state index contributed by atoms with van der Waals surface area (Å²) in [5.74, 6) is -0.438. The normalized spacial score (nSPS) is 20.0. The SMILES string of the molecule is CC=C(C)C(=O)Oc1cc(C)ccc1C1(COC(=O)C(C)C)CO1. The smallest absolute Gasteiger partial charge is 0.338 e. The van der Waals surface area contributed by atoms with E-state index in [0.717, 1.165) is 11.1 Å². The van der Waals surface area contributed by atoms with Gasteiger partial charge in [0.05, 0.1) is 12.5 Å². The van der Waals surface area contributed by atoms with E-state index < -0.39 is 11.6 Å². The van der Waals surface area contributed by atoms with Crippen LogP contribution >= 0.6 is 0 Å². The van der Waals surface area contributed by atoms with Crippen LogP contribution in [0.5, 0.6) is 5.75 Å². The van der Waals surface area contributed by atoms with E-state index in [4.69, 9.17) is 14.2 Å². The molecule has 1 aromatic rings. The number of epoxide rings is 1. The van der Waals surface area contributed by atoms with Crippen LogP contribution in [0.3, 0.4) is 0 Å². The molecule has 130 valence electrons. The molecule has 5 nitrogen and oxygen atoms in total. The van der Waals surface area contributed by atoms with Crippen molar-refractivity contribution in [1.82, 2.24) is 0 Å². The highest BCUT2D eigenvalue weighted by Crippen LogP contribution is 2.44. The Hall–Kier alpha value is -2.14. The highest BCUT2D eigenvalue weighted by Gasteiger charge is 2.50. The van der Waals surface area contributed by atoms with Gasteiger partial charge < -0.3 is 14.2 Å². The first-order valence-electron chi connectivity index (χ1n) is 8.06. The molecule has 0 amide bonds. The van der Waals surface area contributed by atoms with Gasteiger partial charge in [0.1, 0.15) is 12.4 Å². The van der Waals surface area contributed by atoms with Crippen LogP contribution in [0.4, 0.5) is 0 Å². The van der Waals surface area contributed by atoms with Gasteiger partial charge >= 0.3 is 11.9 Å². The van der Waals surface area contributed by atoms with E-state index in [1.807, 2.05) is 19.1 Å². The molecule has 1 aliphatic rings. The van der Waals surface area contributed by atoms with Gasteiger partial charge in [0.25, 0.3) is 0 Å². The number of hydrogen-bond donors (Lipinski definition) is 0. The van der Waals surface area contributed by atoms with E-state index in [1.54, 1.807) is 39.8 Å². The molecule has 0 aliphatic carbocycles. The lowest BCUT2D eigenvalue weighted by Gasteiger charge is -2.18. The first-order chi connectivity index (χ1) is 11.3. The van der Waals surface area contributed by atoms with Crippen molar-refractivity contribution < 1.29 is 23.8 Å². The molecule has 1 atom stereocenters. The molecular formula is C19H24O5. The number of carbonyl (C=O) groups is 2. The van der Waals surface area contributed by atoms with Gasteiger partial charge in [-0.1, -0.05) is 32.1 Å². The lowest BCUT2D eigenvalue weighted by atomic mass is 9.98. The molecule has 0 saturated carbocycles. The number of rotatable bonds is 6. The largest absolute Gasteiger partial charge is 0.462 e. The van der Waals surface area contributed by atoms with E-state index >= 15 is 0 Å². The topological polar surface area (TPSA) is 65.1 Å². The van der Waals surface area contributed by atoms with Crippen LogP contribution in [-0.4, -0.2) is 25.2 Å². The van der Waals surface area contributed by atoms with Crippen molar-refractivity contribution in [3.05, 3.63) is 41.0 Å². The van der Waals surface area contributed by atoms with Crippen LogP contribution in [0.2, 0.25) is 0 Å². The predicted octanol–water partition coefficient (Wildman–Crippen LogP) is 3.29. The Bertz CT molecular complexity index is 668. The van der Waals surface area contributed by atoms with Crippen molar-refractivity contribution in [3.63, 3.8) is 0 Å². The fraction of sp³-hybridized carbons (Fsp3) is 0.474. The minimum Gasteiger partial charge on any atom is -0.462 e. The lowest BCUT2D eigenvalue weighted by Crippen LogP contribution is -2.24. The maximum atomic E-state index is 12.1. The average Bonchev–Trinajstić information content (AvgIpc) is 3.32. The number of hydrogen-bond acceptors (Lipinski definition) is 5. The monoisotopic (exact) mass is 332 g/mol. The second kappa shape index (κ2) is 7.18. The van der Waals surface area contributed by atoms with Gasteiger partial charge in [-0.25, -0.2) is 4.79 Å². The van der Waals surface area contributed by atoms with Crippen molar-refractivity contribution >= 4 is 11.9 Å². The average molecular weight is 332 g/mol. The zero-order valence-corrected chi connectivity index (χ0v) is 14.8. The van der Waals surface area contributed by atoms with Crippen molar-refractivity contribution in [2.75, 3.05) is 13.2 Å². The zero-order chi connectivity index (χ0) is 17.9. The Morgan fingerprint density at radius 2 is 2.04 bits per heavy atom. The third-order valence-electron chi connectivity index (χ3n) is 4.00. The second-order valence-electron chi connectivity index (χ2n) is 6.41. The second-order valence-corrected chi connectivity index (χ2v) is 6.41. The van der Waals surface area contributed by atoms with Crippen LogP contribution < -0.4 is 4.74 Å².